The highest BCUT2D eigenvalue weighted by molar-refractivity contribution is 5.71. The molecule has 0 spiro atoms. The molecule has 0 aromatic carbocycles. The van der Waals surface area contributed by atoms with Crippen LogP contribution in [0.25, 0.3) is 0 Å². The zero-order valence-electron chi connectivity index (χ0n) is 46.7. The topological polar surface area (TPSA) is 78.9 Å². The van der Waals surface area contributed by atoms with Crippen LogP contribution in [0.4, 0.5) is 0 Å². The Kier molecular flexibility index (Phi) is 53.5. The molecule has 0 amide bonds. The standard InChI is InChI=1S/C62H120O6/c1-6-9-10-11-12-13-14-15-23-26-32-37-42-47-52-60(63)66-55-59(68-62(65)54-49-44-39-34-29-28-31-36-41-46-51-58(5)8-3)56-67-61(64)53-48-43-38-33-27-24-21-19-17-16-18-20-22-25-30-35-40-45-50-57(4)7-2/h57-59H,6-56H2,1-5H3/t57?,58?,59-/m0/s1. The van der Waals surface area contributed by atoms with Gasteiger partial charge in [-0.05, 0) is 31.1 Å². The second kappa shape index (κ2) is 54.7. The number of unbranched alkanes of at least 4 members (excludes halogenated alkanes) is 39. The third-order valence-electron chi connectivity index (χ3n) is 14.9. The summed E-state index contributed by atoms with van der Waals surface area (Å²) in [7, 11) is 0. The normalized spacial score (nSPS) is 12.8. The van der Waals surface area contributed by atoms with Crippen molar-refractivity contribution in [1.29, 1.82) is 0 Å². The third kappa shape index (κ3) is 52.2. The molecule has 0 N–H and O–H groups in total. The number of rotatable bonds is 56. The van der Waals surface area contributed by atoms with E-state index in [-0.39, 0.29) is 31.1 Å². The van der Waals surface area contributed by atoms with Gasteiger partial charge >= 0.3 is 17.9 Å². The van der Waals surface area contributed by atoms with Gasteiger partial charge in [-0.15, -0.1) is 0 Å². The summed E-state index contributed by atoms with van der Waals surface area (Å²) in [6, 6.07) is 0. The molecule has 6 heteroatoms. The van der Waals surface area contributed by atoms with Gasteiger partial charge in [0.2, 0.25) is 0 Å². The lowest BCUT2D eigenvalue weighted by Gasteiger charge is -2.18. The van der Waals surface area contributed by atoms with Crippen LogP contribution in [0.3, 0.4) is 0 Å². The van der Waals surface area contributed by atoms with Gasteiger partial charge in [0.15, 0.2) is 6.10 Å². The van der Waals surface area contributed by atoms with E-state index in [2.05, 4.69) is 34.6 Å². The second-order valence-corrected chi connectivity index (χ2v) is 21.8. The fraction of sp³-hybridized carbons (Fsp3) is 0.952. The summed E-state index contributed by atoms with van der Waals surface area (Å²) in [5.41, 5.74) is 0. The van der Waals surface area contributed by atoms with Crippen molar-refractivity contribution in [1.82, 2.24) is 0 Å². The predicted octanol–water partition coefficient (Wildman–Crippen LogP) is 20.4. The molecule has 0 saturated carbocycles. The van der Waals surface area contributed by atoms with Crippen molar-refractivity contribution >= 4 is 17.9 Å². The molecule has 404 valence electrons. The highest BCUT2D eigenvalue weighted by atomic mass is 16.6. The number of hydrogen-bond acceptors (Lipinski definition) is 6. The number of hydrogen-bond donors (Lipinski definition) is 0. The summed E-state index contributed by atoms with van der Waals surface area (Å²) < 4.78 is 16.9. The van der Waals surface area contributed by atoms with Crippen LogP contribution < -0.4 is 0 Å². The molecule has 0 aromatic rings. The van der Waals surface area contributed by atoms with Crippen LogP contribution in [0.15, 0.2) is 0 Å². The number of carbonyl (C=O) groups is 3. The first-order chi connectivity index (χ1) is 33.3. The van der Waals surface area contributed by atoms with Gasteiger partial charge in [0.1, 0.15) is 13.2 Å². The molecule has 0 aliphatic carbocycles. The molecular formula is C62H120O6. The number of carbonyl (C=O) groups excluding carboxylic acids is 3. The van der Waals surface area contributed by atoms with Gasteiger partial charge in [0.25, 0.3) is 0 Å². The summed E-state index contributed by atoms with van der Waals surface area (Å²) in [6.45, 7) is 11.5. The van der Waals surface area contributed by atoms with Gasteiger partial charge < -0.3 is 14.2 Å². The van der Waals surface area contributed by atoms with Crippen molar-refractivity contribution in [3.8, 4) is 0 Å². The molecule has 0 fully saturated rings. The van der Waals surface area contributed by atoms with E-state index in [0.717, 1.165) is 69.6 Å². The van der Waals surface area contributed by atoms with Crippen LogP contribution in [-0.4, -0.2) is 37.2 Å². The number of esters is 3. The third-order valence-corrected chi connectivity index (χ3v) is 14.9. The predicted molar refractivity (Wildman–Crippen MR) is 293 cm³/mol. The Bertz CT molecular complexity index is 1040. The lowest BCUT2D eigenvalue weighted by Crippen LogP contribution is -2.30. The first kappa shape index (κ1) is 66.4. The highest BCUT2D eigenvalue weighted by Gasteiger charge is 2.19. The monoisotopic (exact) mass is 961 g/mol. The van der Waals surface area contributed by atoms with Crippen LogP contribution in [0.5, 0.6) is 0 Å². The molecule has 2 unspecified atom stereocenters. The van der Waals surface area contributed by atoms with E-state index in [4.69, 9.17) is 14.2 Å². The van der Waals surface area contributed by atoms with Gasteiger partial charge in [-0.25, -0.2) is 0 Å². The molecule has 0 aliphatic heterocycles. The Hall–Kier alpha value is -1.59. The van der Waals surface area contributed by atoms with Gasteiger partial charge in [-0.2, -0.15) is 0 Å². The van der Waals surface area contributed by atoms with E-state index in [1.165, 1.54) is 238 Å². The summed E-state index contributed by atoms with van der Waals surface area (Å²) in [5.74, 6) is 0.942. The fourth-order valence-corrected chi connectivity index (χ4v) is 9.52. The highest BCUT2D eigenvalue weighted by Crippen LogP contribution is 2.19. The molecule has 0 heterocycles. The molecule has 0 rings (SSSR count). The Labute approximate surface area is 425 Å². The average Bonchev–Trinajstić information content (AvgIpc) is 3.34. The largest absolute Gasteiger partial charge is 0.462 e. The maximum Gasteiger partial charge on any atom is 0.306 e. The lowest BCUT2D eigenvalue weighted by atomic mass is 9.99. The molecule has 0 bridgehead atoms. The van der Waals surface area contributed by atoms with E-state index in [1.54, 1.807) is 0 Å². The van der Waals surface area contributed by atoms with Crippen LogP contribution in [0.1, 0.15) is 349 Å². The SMILES string of the molecule is CCCCCCCCCCCCCCCCC(=O)OC[C@@H](COC(=O)CCCCCCCCCCCCCCCCCCCCC(C)CC)OC(=O)CCCCCCCCCCCCC(C)CC. The van der Waals surface area contributed by atoms with Gasteiger partial charge in [0.05, 0.1) is 0 Å². The minimum absolute atomic E-state index is 0.0624. The zero-order chi connectivity index (χ0) is 49.6. The summed E-state index contributed by atoms with van der Waals surface area (Å²) in [4.78, 5) is 38.2. The van der Waals surface area contributed by atoms with Gasteiger partial charge in [-0.3, -0.25) is 14.4 Å². The van der Waals surface area contributed by atoms with Crippen LogP contribution >= 0.6 is 0 Å². The minimum atomic E-state index is -0.763. The summed E-state index contributed by atoms with van der Waals surface area (Å²) in [5, 5.41) is 0. The summed E-state index contributed by atoms with van der Waals surface area (Å²) in [6.07, 6.45) is 59.4. The molecular weight excluding hydrogens is 841 g/mol. The quantitative estimate of drug-likeness (QED) is 0.0343. The lowest BCUT2D eigenvalue weighted by molar-refractivity contribution is -0.167. The van der Waals surface area contributed by atoms with Gasteiger partial charge in [0, 0.05) is 19.3 Å². The smallest absolute Gasteiger partial charge is 0.306 e. The maximum absolute atomic E-state index is 12.9. The Balaban J connectivity index is 4.24. The van der Waals surface area contributed by atoms with Crippen molar-refractivity contribution < 1.29 is 28.6 Å². The van der Waals surface area contributed by atoms with Crippen LogP contribution in [0, 0.1) is 11.8 Å². The van der Waals surface area contributed by atoms with Crippen molar-refractivity contribution in [2.75, 3.05) is 13.2 Å². The number of ether oxygens (including phenoxy) is 3. The molecule has 0 aromatic heterocycles. The molecule has 6 nitrogen and oxygen atoms in total. The molecule has 0 saturated heterocycles. The second-order valence-electron chi connectivity index (χ2n) is 21.8. The van der Waals surface area contributed by atoms with Crippen molar-refractivity contribution in [2.45, 2.75) is 355 Å². The Morgan fingerprint density at radius 2 is 0.515 bits per heavy atom. The van der Waals surface area contributed by atoms with E-state index >= 15 is 0 Å². The van der Waals surface area contributed by atoms with Crippen LogP contribution in [-0.2, 0) is 28.6 Å². The van der Waals surface area contributed by atoms with E-state index < -0.39 is 6.10 Å². The van der Waals surface area contributed by atoms with Crippen molar-refractivity contribution in [2.24, 2.45) is 11.8 Å². The molecule has 0 radical (unpaired) electrons. The van der Waals surface area contributed by atoms with E-state index in [9.17, 15) is 14.4 Å². The summed E-state index contributed by atoms with van der Waals surface area (Å²) >= 11 is 0. The maximum atomic E-state index is 12.9. The van der Waals surface area contributed by atoms with Crippen LogP contribution in [0.2, 0.25) is 0 Å². The van der Waals surface area contributed by atoms with Gasteiger partial charge in [-0.1, -0.05) is 311 Å². The average molecular weight is 962 g/mol. The first-order valence-electron chi connectivity index (χ1n) is 30.8. The molecule has 0 aliphatic rings. The zero-order valence-corrected chi connectivity index (χ0v) is 46.7. The Morgan fingerprint density at radius 1 is 0.294 bits per heavy atom. The fourth-order valence-electron chi connectivity index (χ4n) is 9.52. The van der Waals surface area contributed by atoms with E-state index in [1.807, 2.05) is 0 Å². The minimum Gasteiger partial charge on any atom is -0.462 e. The molecule has 68 heavy (non-hydrogen) atoms. The van der Waals surface area contributed by atoms with E-state index in [0.29, 0.717) is 19.3 Å². The van der Waals surface area contributed by atoms with Crippen molar-refractivity contribution in [3.63, 3.8) is 0 Å². The van der Waals surface area contributed by atoms with Crippen molar-refractivity contribution in [3.05, 3.63) is 0 Å². The Morgan fingerprint density at radius 3 is 0.765 bits per heavy atom. The molecule has 3 atom stereocenters. The first-order valence-corrected chi connectivity index (χ1v) is 30.8.